The number of nitrogens with zero attached hydrogens (tertiary/aromatic N) is 1. The Bertz CT molecular complexity index is 1290. The van der Waals surface area contributed by atoms with Gasteiger partial charge in [0.2, 0.25) is 0 Å². The van der Waals surface area contributed by atoms with Gasteiger partial charge in [-0.25, -0.2) is 9.59 Å². The van der Waals surface area contributed by atoms with Gasteiger partial charge in [0.1, 0.15) is 12.7 Å². The van der Waals surface area contributed by atoms with Crippen LogP contribution in [0.5, 0.6) is 0 Å². The van der Waals surface area contributed by atoms with Crippen molar-refractivity contribution in [3.8, 4) is 11.1 Å². The lowest BCUT2D eigenvalue weighted by Crippen LogP contribution is -2.38. The number of carbonyl (C=O) groups excluding carboxylic acids is 1. The molecule has 1 aliphatic heterocycles. The monoisotopic (exact) mass is 574 g/mol. The Kier molecular flexibility index (Phi) is 7.32. The number of esters is 1. The molecule has 0 bridgehead atoms. The second-order valence-electron chi connectivity index (χ2n) is 7.80. The zero-order valence-electron chi connectivity index (χ0n) is 18.3. The van der Waals surface area contributed by atoms with Gasteiger partial charge >= 0.3 is 11.7 Å². The predicted octanol–water partition coefficient (Wildman–Crippen LogP) is 3.60. The molecular weight excluding hydrogens is 551 g/mol. The van der Waals surface area contributed by atoms with E-state index in [1.54, 1.807) is 19.1 Å². The number of ether oxygens (including phenoxy) is 3. The minimum Gasteiger partial charge on any atom is -0.493 e. The quantitative estimate of drug-likeness (QED) is 0.201. The van der Waals surface area contributed by atoms with Crippen LogP contribution in [-0.2, 0) is 14.2 Å². The first-order valence-electron chi connectivity index (χ1n) is 10.6. The van der Waals surface area contributed by atoms with Crippen molar-refractivity contribution in [3.05, 3.63) is 106 Å². The number of halogens is 1. The second kappa shape index (κ2) is 10.4. The lowest BCUT2D eigenvalue weighted by atomic mass is 10.0. The summed E-state index contributed by atoms with van der Waals surface area (Å²) in [5.41, 5.74) is 1.76. The molecule has 0 unspecified atom stereocenters. The average molecular weight is 574 g/mol. The minimum atomic E-state index is -0.822. The Morgan fingerprint density at radius 1 is 1.15 bits per heavy atom. The molecule has 2 heterocycles. The number of aryl methyl sites for hydroxylation is 1. The number of H-pyrrole nitrogens is 1. The van der Waals surface area contributed by atoms with Crippen molar-refractivity contribution in [2.45, 2.75) is 29.3 Å². The highest BCUT2D eigenvalue weighted by atomic mass is 127. The van der Waals surface area contributed by atoms with Crippen LogP contribution in [0.1, 0.15) is 22.1 Å². The third kappa shape index (κ3) is 5.00. The SMILES string of the molecule is C=CO[C@@H]1[C@@H](I)[C@@H](COC(=O)c2ccc(-c3ccccc3)cc2)O[C@H]1n1cc(C)c(=O)[nH]c1=O. The normalized spacial score (nSPS) is 21.7. The van der Waals surface area contributed by atoms with Crippen molar-refractivity contribution >= 4 is 28.6 Å². The number of alkyl halides is 1. The zero-order valence-corrected chi connectivity index (χ0v) is 20.5. The minimum absolute atomic E-state index is 0.0303. The third-order valence-electron chi connectivity index (χ3n) is 5.54. The van der Waals surface area contributed by atoms with Crippen molar-refractivity contribution in [2.75, 3.05) is 6.61 Å². The smallest absolute Gasteiger partial charge is 0.338 e. The Balaban J connectivity index is 1.46. The standard InChI is InChI=1S/C25H23IN2O6/c1-3-32-21-20(26)19(34-23(21)28-13-15(2)22(29)27-25(28)31)14-33-24(30)18-11-9-17(10-12-18)16-7-5-4-6-8-16/h3-13,19-21,23H,1,14H2,2H3,(H,27,29,31)/t19-,20+,21-,23-/m1/s1. The summed E-state index contributed by atoms with van der Waals surface area (Å²) < 4.78 is 18.2. The molecule has 9 heteroatoms. The van der Waals surface area contributed by atoms with Gasteiger partial charge < -0.3 is 14.2 Å². The lowest BCUT2D eigenvalue weighted by molar-refractivity contribution is -0.0593. The van der Waals surface area contributed by atoms with Gasteiger partial charge in [0, 0.05) is 11.8 Å². The predicted molar refractivity (Wildman–Crippen MR) is 135 cm³/mol. The number of aromatic amines is 1. The van der Waals surface area contributed by atoms with Gasteiger partial charge in [-0.1, -0.05) is 71.6 Å². The summed E-state index contributed by atoms with van der Waals surface area (Å²) in [6, 6.07) is 17.0. The van der Waals surface area contributed by atoms with Crippen molar-refractivity contribution in [1.29, 1.82) is 0 Å². The molecule has 0 saturated carbocycles. The van der Waals surface area contributed by atoms with Gasteiger partial charge in [0.15, 0.2) is 12.3 Å². The summed E-state index contributed by atoms with van der Waals surface area (Å²) in [5.74, 6) is -0.478. The molecule has 1 aromatic heterocycles. The van der Waals surface area contributed by atoms with E-state index < -0.39 is 35.7 Å². The Morgan fingerprint density at radius 2 is 1.82 bits per heavy atom. The van der Waals surface area contributed by atoms with E-state index in [-0.39, 0.29) is 10.5 Å². The molecule has 1 fully saturated rings. The van der Waals surface area contributed by atoms with E-state index in [4.69, 9.17) is 14.2 Å². The first-order chi connectivity index (χ1) is 16.4. The molecule has 0 aliphatic carbocycles. The van der Waals surface area contributed by atoms with Crippen molar-refractivity contribution < 1.29 is 19.0 Å². The highest BCUT2D eigenvalue weighted by molar-refractivity contribution is 14.1. The molecule has 0 spiro atoms. The van der Waals surface area contributed by atoms with E-state index in [1.165, 1.54) is 17.0 Å². The maximum atomic E-state index is 12.6. The van der Waals surface area contributed by atoms with Crippen LogP contribution in [-0.4, -0.2) is 38.3 Å². The maximum absolute atomic E-state index is 12.6. The van der Waals surface area contributed by atoms with Crippen molar-refractivity contribution in [2.24, 2.45) is 0 Å². The average Bonchev–Trinajstić information content (AvgIpc) is 3.15. The van der Waals surface area contributed by atoms with Gasteiger partial charge in [-0.05, 0) is 30.2 Å². The van der Waals surface area contributed by atoms with Crippen LogP contribution in [0.2, 0.25) is 0 Å². The highest BCUT2D eigenvalue weighted by Crippen LogP contribution is 2.36. The Morgan fingerprint density at radius 3 is 2.50 bits per heavy atom. The summed E-state index contributed by atoms with van der Waals surface area (Å²) in [5, 5.41) is 0. The van der Waals surface area contributed by atoms with Crippen LogP contribution in [0.4, 0.5) is 0 Å². The number of hydrogen-bond donors (Lipinski definition) is 1. The summed E-state index contributed by atoms with van der Waals surface area (Å²) in [7, 11) is 0. The highest BCUT2D eigenvalue weighted by Gasteiger charge is 2.46. The molecule has 0 radical (unpaired) electrons. The summed E-state index contributed by atoms with van der Waals surface area (Å²) in [6.07, 6.45) is 0.769. The van der Waals surface area contributed by atoms with Gasteiger partial charge in [0.25, 0.3) is 5.56 Å². The zero-order chi connectivity index (χ0) is 24.2. The van der Waals surface area contributed by atoms with E-state index in [0.29, 0.717) is 11.1 Å². The Hall–Kier alpha value is -3.18. The van der Waals surface area contributed by atoms with E-state index in [2.05, 4.69) is 34.2 Å². The molecule has 1 aliphatic rings. The molecule has 3 aromatic rings. The van der Waals surface area contributed by atoms with E-state index in [0.717, 1.165) is 11.1 Å². The van der Waals surface area contributed by atoms with E-state index >= 15 is 0 Å². The fourth-order valence-corrected chi connectivity index (χ4v) is 4.66. The number of hydrogen-bond acceptors (Lipinski definition) is 6. The van der Waals surface area contributed by atoms with Crippen LogP contribution in [0.15, 0.2) is 83.2 Å². The van der Waals surface area contributed by atoms with E-state index in [9.17, 15) is 14.4 Å². The van der Waals surface area contributed by atoms with Gasteiger partial charge in [-0.3, -0.25) is 14.3 Å². The van der Waals surface area contributed by atoms with Crippen LogP contribution < -0.4 is 11.2 Å². The first-order valence-corrected chi connectivity index (χ1v) is 11.8. The third-order valence-corrected chi connectivity index (χ3v) is 7.06. The molecule has 1 saturated heterocycles. The van der Waals surface area contributed by atoms with Gasteiger partial charge in [-0.15, -0.1) is 0 Å². The van der Waals surface area contributed by atoms with Crippen LogP contribution in [0.25, 0.3) is 11.1 Å². The van der Waals surface area contributed by atoms with Crippen LogP contribution >= 0.6 is 22.6 Å². The molecular formula is C25H23IN2O6. The number of aromatic nitrogens is 2. The lowest BCUT2D eigenvalue weighted by Gasteiger charge is -2.21. The van der Waals surface area contributed by atoms with Crippen molar-refractivity contribution in [3.63, 3.8) is 0 Å². The first kappa shape index (κ1) is 24.0. The molecule has 176 valence electrons. The summed E-state index contributed by atoms with van der Waals surface area (Å²) in [6.45, 7) is 5.16. The summed E-state index contributed by atoms with van der Waals surface area (Å²) >= 11 is 2.14. The summed E-state index contributed by atoms with van der Waals surface area (Å²) in [4.78, 5) is 39.0. The topological polar surface area (TPSA) is 99.6 Å². The fraction of sp³-hybridized carbons (Fsp3) is 0.240. The molecule has 4 atom stereocenters. The van der Waals surface area contributed by atoms with Crippen LogP contribution in [0.3, 0.4) is 0 Å². The fourth-order valence-electron chi connectivity index (χ4n) is 3.75. The number of benzene rings is 2. The molecule has 1 N–H and O–H groups in total. The van der Waals surface area contributed by atoms with Gasteiger partial charge in [-0.2, -0.15) is 0 Å². The maximum Gasteiger partial charge on any atom is 0.338 e. The Labute approximate surface area is 209 Å². The second-order valence-corrected chi connectivity index (χ2v) is 9.24. The van der Waals surface area contributed by atoms with Crippen molar-refractivity contribution in [1.82, 2.24) is 9.55 Å². The largest absolute Gasteiger partial charge is 0.493 e. The molecule has 2 aromatic carbocycles. The number of nitrogens with one attached hydrogen (secondary N) is 1. The molecule has 8 nitrogen and oxygen atoms in total. The molecule has 0 amide bonds. The van der Waals surface area contributed by atoms with Crippen LogP contribution in [0, 0.1) is 6.92 Å². The van der Waals surface area contributed by atoms with Gasteiger partial charge in [0.05, 0.1) is 15.8 Å². The molecule has 34 heavy (non-hydrogen) atoms. The molecule has 4 rings (SSSR count). The van der Waals surface area contributed by atoms with E-state index in [1.807, 2.05) is 42.5 Å². The number of carbonyl (C=O) groups is 1. The number of rotatable bonds is 7.